The number of ketones is 1. The van der Waals surface area contributed by atoms with Gasteiger partial charge in [-0.25, -0.2) is 0 Å². The summed E-state index contributed by atoms with van der Waals surface area (Å²) < 4.78 is 9.26. The van der Waals surface area contributed by atoms with Crippen LogP contribution in [-0.4, -0.2) is 31.9 Å². The standard InChI is InChI=1S/C22H30O5/c1-15-10-8-14-22(3,4)18(15)13-12-17(23)11-7-9-16(2)19(20(24)26-5)21(25)27-6/h7,9,11-13,19H,8,10,14H2,1-6H3. The highest BCUT2D eigenvalue weighted by atomic mass is 16.5. The molecule has 27 heavy (non-hydrogen) atoms. The Morgan fingerprint density at radius 2 is 1.67 bits per heavy atom. The lowest BCUT2D eigenvalue weighted by Crippen LogP contribution is -2.27. The number of rotatable bonds is 7. The average Bonchev–Trinajstić information content (AvgIpc) is 2.60. The number of esters is 2. The summed E-state index contributed by atoms with van der Waals surface area (Å²) in [6.07, 6.45) is 11.3. The van der Waals surface area contributed by atoms with E-state index in [0.717, 1.165) is 12.8 Å². The Labute approximate surface area is 161 Å². The van der Waals surface area contributed by atoms with E-state index in [0.29, 0.717) is 5.57 Å². The van der Waals surface area contributed by atoms with Gasteiger partial charge < -0.3 is 9.47 Å². The first-order chi connectivity index (χ1) is 12.6. The van der Waals surface area contributed by atoms with Crippen molar-refractivity contribution in [2.45, 2.75) is 47.0 Å². The molecule has 0 unspecified atom stereocenters. The first-order valence-electron chi connectivity index (χ1n) is 9.06. The van der Waals surface area contributed by atoms with Gasteiger partial charge in [0.15, 0.2) is 11.7 Å². The van der Waals surface area contributed by atoms with Gasteiger partial charge >= 0.3 is 11.9 Å². The zero-order chi connectivity index (χ0) is 20.6. The Balaban J connectivity index is 2.86. The molecule has 0 aromatic heterocycles. The van der Waals surface area contributed by atoms with E-state index in [1.807, 2.05) is 6.08 Å². The molecular formula is C22H30O5. The molecular weight excluding hydrogens is 344 g/mol. The van der Waals surface area contributed by atoms with Crippen LogP contribution in [0.3, 0.4) is 0 Å². The van der Waals surface area contributed by atoms with Crippen molar-refractivity contribution in [3.05, 3.63) is 47.1 Å². The molecule has 0 spiro atoms. The van der Waals surface area contributed by atoms with Crippen molar-refractivity contribution in [2.75, 3.05) is 14.2 Å². The van der Waals surface area contributed by atoms with Gasteiger partial charge in [-0.3, -0.25) is 14.4 Å². The lowest BCUT2D eigenvalue weighted by Gasteiger charge is -2.32. The van der Waals surface area contributed by atoms with Crippen LogP contribution in [0, 0.1) is 11.3 Å². The minimum Gasteiger partial charge on any atom is -0.468 e. The molecule has 5 heteroatoms. The van der Waals surface area contributed by atoms with Crippen LogP contribution in [0.5, 0.6) is 0 Å². The molecule has 5 nitrogen and oxygen atoms in total. The number of hydrogen-bond acceptors (Lipinski definition) is 5. The zero-order valence-corrected chi connectivity index (χ0v) is 17.1. The topological polar surface area (TPSA) is 69.7 Å². The van der Waals surface area contributed by atoms with E-state index in [4.69, 9.17) is 0 Å². The first-order valence-corrected chi connectivity index (χ1v) is 9.06. The van der Waals surface area contributed by atoms with Crippen molar-refractivity contribution in [3.8, 4) is 0 Å². The predicted molar refractivity (Wildman–Crippen MR) is 105 cm³/mol. The summed E-state index contributed by atoms with van der Waals surface area (Å²) in [5.41, 5.74) is 3.06. The van der Waals surface area contributed by atoms with E-state index in [2.05, 4.69) is 30.2 Å². The van der Waals surface area contributed by atoms with Gasteiger partial charge in [-0.1, -0.05) is 37.6 Å². The maximum Gasteiger partial charge on any atom is 0.324 e. The second-order valence-corrected chi connectivity index (χ2v) is 7.42. The molecule has 0 N–H and O–H groups in total. The van der Waals surface area contributed by atoms with Crippen molar-refractivity contribution in [1.29, 1.82) is 0 Å². The van der Waals surface area contributed by atoms with Crippen LogP contribution in [0.15, 0.2) is 47.1 Å². The van der Waals surface area contributed by atoms with Crippen molar-refractivity contribution >= 4 is 17.7 Å². The highest BCUT2D eigenvalue weighted by Gasteiger charge is 2.30. The molecule has 0 aromatic rings. The van der Waals surface area contributed by atoms with Crippen molar-refractivity contribution < 1.29 is 23.9 Å². The van der Waals surface area contributed by atoms with Crippen LogP contribution >= 0.6 is 0 Å². The van der Waals surface area contributed by atoms with Gasteiger partial charge in [-0.15, -0.1) is 0 Å². The number of carbonyl (C=O) groups excluding carboxylic acids is 3. The molecule has 1 aliphatic carbocycles. The highest BCUT2D eigenvalue weighted by molar-refractivity contribution is 6.00. The summed E-state index contributed by atoms with van der Waals surface area (Å²) in [5, 5.41) is 0. The van der Waals surface area contributed by atoms with Gasteiger partial charge in [-0.05, 0) is 61.8 Å². The molecule has 0 aromatic carbocycles. The highest BCUT2D eigenvalue weighted by Crippen LogP contribution is 2.40. The molecule has 1 aliphatic rings. The van der Waals surface area contributed by atoms with Crippen LogP contribution in [0.4, 0.5) is 0 Å². The Kier molecular flexibility index (Phi) is 8.41. The quantitative estimate of drug-likeness (QED) is 0.290. The van der Waals surface area contributed by atoms with Gasteiger partial charge in [0, 0.05) is 0 Å². The fourth-order valence-electron chi connectivity index (χ4n) is 3.33. The minimum atomic E-state index is -1.13. The predicted octanol–water partition coefficient (Wildman–Crippen LogP) is 4.10. The molecule has 0 aliphatic heterocycles. The minimum absolute atomic E-state index is 0.0770. The van der Waals surface area contributed by atoms with E-state index >= 15 is 0 Å². The average molecular weight is 374 g/mol. The van der Waals surface area contributed by atoms with Crippen LogP contribution in [0.1, 0.15) is 47.0 Å². The van der Waals surface area contributed by atoms with E-state index in [1.54, 1.807) is 19.1 Å². The van der Waals surface area contributed by atoms with Crippen LogP contribution in [-0.2, 0) is 23.9 Å². The van der Waals surface area contributed by atoms with E-state index in [1.165, 1.54) is 43.9 Å². The van der Waals surface area contributed by atoms with Gasteiger partial charge in [-0.2, -0.15) is 0 Å². The Morgan fingerprint density at radius 1 is 1.07 bits per heavy atom. The third-order valence-corrected chi connectivity index (χ3v) is 4.91. The monoisotopic (exact) mass is 374 g/mol. The van der Waals surface area contributed by atoms with Crippen molar-refractivity contribution in [1.82, 2.24) is 0 Å². The van der Waals surface area contributed by atoms with E-state index in [9.17, 15) is 14.4 Å². The maximum absolute atomic E-state index is 12.1. The fourth-order valence-corrected chi connectivity index (χ4v) is 3.33. The third-order valence-electron chi connectivity index (χ3n) is 4.91. The summed E-state index contributed by atoms with van der Waals surface area (Å²) in [6.45, 7) is 8.12. The number of ether oxygens (including phenoxy) is 2. The molecule has 0 saturated carbocycles. The first kappa shape index (κ1) is 22.6. The maximum atomic E-state index is 12.1. The van der Waals surface area contributed by atoms with Gasteiger partial charge in [0.2, 0.25) is 0 Å². The number of carbonyl (C=O) groups is 3. The molecule has 148 valence electrons. The van der Waals surface area contributed by atoms with Gasteiger partial charge in [0.05, 0.1) is 14.2 Å². The fraction of sp³-hybridized carbons (Fsp3) is 0.500. The Hall–Kier alpha value is -2.43. The molecule has 0 atom stereocenters. The molecule has 0 radical (unpaired) electrons. The summed E-state index contributed by atoms with van der Waals surface area (Å²) >= 11 is 0. The summed E-state index contributed by atoms with van der Waals surface area (Å²) in [4.78, 5) is 35.6. The Morgan fingerprint density at radius 3 is 2.19 bits per heavy atom. The number of hydrogen-bond donors (Lipinski definition) is 0. The molecule has 0 heterocycles. The number of allylic oxidation sites excluding steroid dienone is 7. The smallest absolute Gasteiger partial charge is 0.324 e. The van der Waals surface area contributed by atoms with Crippen LogP contribution in [0.25, 0.3) is 0 Å². The lowest BCUT2D eigenvalue weighted by molar-refractivity contribution is -0.156. The molecule has 0 saturated heterocycles. The lowest BCUT2D eigenvalue weighted by atomic mass is 9.72. The Bertz CT molecular complexity index is 688. The summed E-state index contributed by atoms with van der Waals surface area (Å²) in [7, 11) is 2.41. The second kappa shape index (κ2) is 10.0. The van der Waals surface area contributed by atoms with Crippen LogP contribution < -0.4 is 0 Å². The van der Waals surface area contributed by atoms with E-state index in [-0.39, 0.29) is 11.2 Å². The second-order valence-electron chi connectivity index (χ2n) is 7.42. The summed E-state index contributed by atoms with van der Waals surface area (Å²) in [5.74, 6) is -2.69. The molecule has 0 fully saturated rings. The molecule has 0 amide bonds. The van der Waals surface area contributed by atoms with Gasteiger partial charge in [0.1, 0.15) is 0 Å². The molecule has 0 bridgehead atoms. The van der Waals surface area contributed by atoms with Crippen molar-refractivity contribution in [3.63, 3.8) is 0 Å². The molecule has 1 rings (SSSR count). The van der Waals surface area contributed by atoms with Crippen molar-refractivity contribution in [2.24, 2.45) is 11.3 Å². The zero-order valence-electron chi connectivity index (χ0n) is 17.1. The SMILES string of the molecule is COC(=O)C(C(=O)OC)C(C)=CC=CC(=O)C=CC1=C(C)CCCC1(C)C. The summed E-state index contributed by atoms with van der Waals surface area (Å²) in [6, 6.07) is 0. The van der Waals surface area contributed by atoms with Gasteiger partial charge in [0.25, 0.3) is 0 Å². The normalized spacial score (nSPS) is 17.7. The van der Waals surface area contributed by atoms with E-state index < -0.39 is 17.9 Å². The number of methoxy groups -OCH3 is 2. The van der Waals surface area contributed by atoms with Crippen LogP contribution in [0.2, 0.25) is 0 Å². The third kappa shape index (κ3) is 6.35. The largest absolute Gasteiger partial charge is 0.468 e.